The first-order valence-corrected chi connectivity index (χ1v) is 9.93. The Morgan fingerprint density at radius 2 is 1.78 bits per heavy atom. The van der Waals surface area contributed by atoms with Crippen molar-refractivity contribution in [2.24, 2.45) is 0 Å². The second-order valence-corrected chi connectivity index (χ2v) is 7.91. The minimum atomic E-state index is 0.0248. The van der Waals surface area contributed by atoms with E-state index in [4.69, 9.17) is 4.74 Å². The van der Waals surface area contributed by atoms with Gasteiger partial charge in [0, 0.05) is 42.8 Å². The Bertz CT molecular complexity index is 786. The molecule has 0 N–H and O–H groups in total. The van der Waals surface area contributed by atoms with E-state index in [9.17, 15) is 4.79 Å². The van der Waals surface area contributed by atoms with E-state index in [1.165, 1.54) is 5.56 Å². The maximum absolute atomic E-state index is 13.2. The van der Waals surface area contributed by atoms with E-state index in [2.05, 4.69) is 48.2 Å². The van der Waals surface area contributed by atoms with Gasteiger partial charge in [0.15, 0.2) is 0 Å². The molecule has 0 aromatic heterocycles. The summed E-state index contributed by atoms with van der Waals surface area (Å²) in [5.41, 5.74) is 3.25. The summed E-state index contributed by atoms with van der Waals surface area (Å²) in [6.45, 7) is 7.16. The summed E-state index contributed by atoms with van der Waals surface area (Å²) in [5.74, 6) is 0.145. The van der Waals surface area contributed by atoms with E-state index in [1.807, 2.05) is 23.1 Å². The summed E-state index contributed by atoms with van der Waals surface area (Å²) in [6.07, 6.45) is 2.16. The molecule has 2 aliphatic heterocycles. The third-order valence-electron chi connectivity index (χ3n) is 5.92. The molecule has 1 atom stereocenters. The van der Waals surface area contributed by atoms with Crippen LogP contribution in [-0.2, 0) is 10.2 Å². The highest BCUT2D eigenvalue weighted by molar-refractivity contribution is 5.95. The van der Waals surface area contributed by atoms with Gasteiger partial charge in [-0.25, -0.2) is 0 Å². The van der Waals surface area contributed by atoms with Crippen molar-refractivity contribution in [2.75, 3.05) is 44.3 Å². The summed E-state index contributed by atoms with van der Waals surface area (Å²) >= 11 is 0. The van der Waals surface area contributed by atoms with Crippen LogP contribution in [0, 0.1) is 0 Å². The monoisotopic (exact) mass is 364 g/mol. The lowest BCUT2D eigenvalue weighted by Gasteiger charge is -2.41. The summed E-state index contributed by atoms with van der Waals surface area (Å²) in [7, 11) is 0. The summed E-state index contributed by atoms with van der Waals surface area (Å²) < 4.78 is 5.44. The third-order valence-corrected chi connectivity index (χ3v) is 5.92. The molecule has 1 amide bonds. The smallest absolute Gasteiger partial charge is 0.253 e. The van der Waals surface area contributed by atoms with E-state index < -0.39 is 0 Å². The van der Waals surface area contributed by atoms with Crippen LogP contribution < -0.4 is 4.90 Å². The molecule has 0 unspecified atom stereocenters. The number of piperidine rings is 1. The predicted molar refractivity (Wildman–Crippen MR) is 108 cm³/mol. The zero-order valence-corrected chi connectivity index (χ0v) is 16.1. The van der Waals surface area contributed by atoms with Gasteiger partial charge in [-0.3, -0.25) is 4.79 Å². The van der Waals surface area contributed by atoms with Gasteiger partial charge >= 0.3 is 0 Å². The van der Waals surface area contributed by atoms with Crippen molar-refractivity contribution < 1.29 is 9.53 Å². The molecule has 4 heteroatoms. The van der Waals surface area contributed by atoms with Gasteiger partial charge in [0.2, 0.25) is 0 Å². The lowest BCUT2D eigenvalue weighted by Crippen LogP contribution is -2.47. The molecular weight excluding hydrogens is 336 g/mol. The molecule has 2 heterocycles. The third kappa shape index (κ3) is 3.86. The molecule has 2 aliphatic rings. The zero-order chi connectivity index (χ0) is 18.7. The van der Waals surface area contributed by atoms with Crippen LogP contribution in [0.5, 0.6) is 0 Å². The highest BCUT2D eigenvalue weighted by Crippen LogP contribution is 2.34. The number of hydrogen-bond acceptors (Lipinski definition) is 3. The topological polar surface area (TPSA) is 32.8 Å². The van der Waals surface area contributed by atoms with Crippen molar-refractivity contribution in [3.63, 3.8) is 0 Å². The highest BCUT2D eigenvalue weighted by Gasteiger charge is 2.34. The number of carbonyl (C=O) groups is 1. The number of carbonyl (C=O) groups excluding carboxylic acids is 1. The van der Waals surface area contributed by atoms with Crippen molar-refractivity contribution in [2.45, 2.75) is 25.2 Å². The van der Waals surface area contributed by atoms with Crippen molar-refractivity contribution in [1.82, 2.24) is 4.90 Å². The summed E-state index contributed by atoms with van der Waals surface area (Å²) in [6, 6.07) is 18.7. The van der Waals surface area contributed by atoms with Crippen LogP contribution in [0.4, 0.5) is 5.69 Å². The molecular formula is C23H28N2O2. The number of likely N-dealkylation sites (tertiary alicyclic amines) is 1. The fraction of sp³-hybridized carbons (Fsp3) is 0.435. The molecule has 0 saturated carbocycles. The Kier molecular flexibility index (Phi) is 5.17. The lowest BCUT2D eigenvalue weighted by molar-refractivity contribution is 0.0651. The number of hydrogen-bond donors (Lipinski definition) is 0. The van der Waals surface area contributed by atoms with Gasteiger partial charge in [0.25, 0.3) is 5.91 Å². The maximum atomic E-state index is 13.2. The Balaban J connectivity index is 1.52. The van der Waals surface area contributed by atoms with Gasteiger partial charge in [-0.15, -0.1) is 0 Å². The van der Waals surface area contributed by atoms with Gasteiger partial charge in [-0.05, 0) is 36.6 Å². The number of anilines is 1. The van der Waals surface area contributed by atoms with Crippen LogP contribution >= 0.6 is 0 Å². The summed E-state index contributed by atoms with van der Waals surface area (Å²) in [5, 5.41) is 0. The molecule has 4 rings (SSSR count). The second-order valence-electron chi connectivity index (χ2n) is 7.91. The molecule has 27 heavy (non-hydrogen) atoms. The Labute approximate surface area is 161 Å². The zero-order valence-electron chi connectivity index (χ0n) is 16.1. The van der Waals surface area contributed by atoms with Crippen LogP contribution in [0.15, 0.2) is 54.6 Å². The van der Waals surface area contributed by atoms with Gasteiger partial charge in [-0.2, -0.15) is 0 Å². The molecule has 2 saturated heterocycles. The molecule has 0 spiro atoms. The number of ether oxygens (including phenoxy) is 1. The van der Waals surface area contributed by atoms with Crippen LogP contribution in [0.3, 0.4) is 0 Å². The Morgan fingerprint density at radius 1 is 1.00 bits per heavy atom. The van der Waals surface area contributed by atoms with Gasteiger partial charge < -0.3 is 14.5 Å². The number of nitrogens with zero attached hydrogens (tertiary/aromatic N) is 2. The molecule has 2 aromatic carbocycles. The van der Waals surface area contributed by atoms with Crippen molar-refractivity contribution in [3.05, 3.63) is 65.7 Å². The minimum Gasteiger partial charge on any atom is -0.378 e. The van der Waals surface area contributed by atoms with E-state index in [0.29, 0.717) is 0 Å². The van der Waals surface area contributed by atoms with E-state index >= 15 is 0 Å². The molecule has 2 fully saturated rings. The Hall–Kier alpha value is -2.33. The standard InChI is InChI=1S/C23H28N2O2/c1-23(20-8-3-2-4-9-20)11-6-12-25(18-23)22(26)19-7-5-10-21(17-19)24-13-15-27-16-14-24/h2-5,7-10,17H,6,11-16,18H2,1H3/t23-/m0/s1. The predicted octanol–water partition coefficient (Wildman–Crippen LogP) is 3.72. The largest absolute Gasteiger partial charge is 0.378 e. The first-order valence-electron chi connectivity index (χ1n) is 9.93. The fourth-order valence-electron chi connectivity index (χ4n) is 4.33. The first-order chi connectivity index (χ1) is 13.2. The average molecular weight is 364 g/mol. The molecule has 2 aromatic rings. The quantitative estimate of drug-likeness (QED) is 0.832. The van der Waals surface area contributed by atoms with Gasteiger partial charge in [-0.1, -0.05) is 43.3 Å². The van der Waals surface area contributed by atoms with Crippen molar-refractivity contribution in [3.8, 4) is 0 Å². The van der Waals surface area contributed by atoms with Crippen LogP contribution in [-0.4, -0.2) is 50.2 Å². The normalized spacial score (nSPS) is 23.3. The van der Waals surface area contributed by atoms with Crippen LogP contribution in [0.2, 0.25) is 0 Å². The van der Waals surface area contributed by atoms with Crippen molar-refractivity contribution >= 4 is 11.6 Å². The minimum absolute atomic E-state index is 0.0248. The maximum Gasteiger partial charge on any atom is 0.253 e. The SMILES string of the molecule is C[C@]1(c2ccccc2)CCCN(C(=O)c2cccc(N3CCOCC3)c2)C1. The van der Waals surface area contributed by atoms with Crippen LogP contribution in [0.25, 0.3) is 0 Å². The lowest BCUT2D eigenvalue weighted by atomic mass is 9.76. The van der Waals surface area contributed by atoms with Crippen molar-refractivity contribution in [1.29, 1.82) is 0 Å². The first kappa shape index (κ1) is 18.1. The highest BCUT2D eigenvalue weighted by atomic mass is 16.5. The molecule has 0 radical (unpaired) electrons. The molecule has 0 bridgehead atoms. The van der Waals surface area contributed by atoms with E-state index in [-0.39, 0.29) is 11.3 Å². The molecule has 4 nitrogen and oxygen atoms in total. The van der Waals surface area contributed by atoms with Gasteiger partial charge in [0.1, 0.15) is 0 Å². The van der Waals surface area contributed by atoms with E-state index in [0.717, 1.165) is 63.5 Å². The number of rotatable bonds is 3. The average Bonchev–Trinajstić information content (AvgIpc) is 2.75. The summed E-state index contributed by atoms with van der Waals surface area (Å²) in [4.78, 5) is 17.6. The fourth-order valence-corrected chi connectivity index (χ4v) is 4.33. The molecule has 142 valence electrons. The van der Waals surface area contributed by atoms with Crippen LogP contribution in [0.1, 0.15) is 35.7 Å². The Morgan fingerprint density at radius 3 is 2.56 bits per heavy atom. The van der Waals surface area contributed by atoms with E-state index in [1.54, 1.807) is 0 Å². The number of amides is 1. The second kappa shape index (κ2) is 7.73. The number of benzene rings is 2. The van der Waals surface area contributed by atoms with Gasteiger partial charge in [0.05, 0.1) is 13.2 Å². The number of morpholine rings is 1. The molecule has 0 aliphatic carbocycles.